The Bertz CT molecular complexity index is 1090. The van der Waals surface area contributed by atoms with Gasteiger partial charge in [0.2, 0.25) is 0 Å². The van der Waals surface area contributed by atoms with Gasteiger partial charge >= 0.3 is 5.69 Å². The maximum atomic E-state index is 12.6. The fourth-order valence-electron chi connectivity index (χ4n) is 3.71. The first-order valence-corrected chi connectivity index (χ1v) is 9.27. The normalized spacial score (nSPS) is 15.2. The van der Waals surface area contributed by atoms with Crippen molar-refractivity contribution in [2.24, 2.45) is 13.0 Å². The summed E-state index contributed by atoms with van der Waals surface area (Å²) in [5, 5.41) is 9.44. The molecule has 0 spiro atoms. The van der Waals surface area contributed by atoms with Gasteiger partial charge in [0.25, 0.3) is 0 Å². The standard InChI is InChI=1S/C19H19ClN6O/c1-24-16-3-2-6-22-18(16)26(19(24)27)12-13-4-7-25(8-5-13)17-15(20)9-14(10-21)11-23-17/h2-3,6,9,11,13H,4-5,7-8,12H2,1H3. The lowest BCUT2D eigenvalue weighted by molar-refractivity contribution is 0.354. The fourth-order valence-corrected chi connectivity index (χ4v) is 3.99. The van der Waals surface area contributed by atoms with Gasteiger partial charge < -0.3 is 4.90 Å². The Hall–Kier alpha value is -2.85. The average Bonchev–Trinajstić information content (AvgIpc) is 2.94. The molecule has 3 aromatic heterocycles. The van der Waals surface area contributed by atoms with E-state index in [2.05, 4.69) is 14.9 Å². The van der Waals surface area contributed by atoms with Crippen LogP contribution in [0.25, 0.3) is 11.2 Å². The highest BCUT2D eigenvalue weighted by atomic mass is 35.5. The third-order valence-electron chi connectivity index (χ3n) is 5.21. The number of hydrogen-bond acceptors (Lipinski definition) is 5. The summed E-state index contributed by atoms with van der Waals surface area (Å²) in [6.45, 7) is 2.29. The highest BCUT2D eigenvalue weighted by Crippen LogP contribution is 2.29. The Balaban J connectivity index is 1.49. The van der Waals surface area contributed by atoms with E-state index >= 15 is 0 Å². The van der Waals surface area contributed by atoms with E-state index in [1.165, 1.54) is 0 Å². The maximum absolute atomic E-state index is 12.6. The van der Waals surface area contributed by atoms with Crippen molar-refractivity contribution in [2.75, 3.05) is 18.0 Å². The van der Waals surface area contributed by atoms with E-state index in [1.54, 1.807) is 34.6 Å². The summed E-state index contributed by atoms with van der Waals surface area (Å²) in [4.78, 5) is 23.5. The molecule has 4 heterocycles. The zero-order valence-electron chi connectivity index (χ0n) is 15.0. The van der Waals surface area contributed by atoms with E-state index in [0.717, 1.165) is 42.9 Å². The van der Waals surface area contributed by atoms with Gasteiger partial charge in [-0.3, -0.25) is 9.13 Å². The molecular formula is C19H19ClN6O. The fraction of sp³-hybridized carbons (Fsp3) is 0.368. The highest BCUT2D eigenvalue weighted by Gasteiger charge is 2.24. The summed E-state index contributed by atoms with van der Waals surface area (Å²) in [6, 6.07) is 7.46. The lowest BCUT2D eigenvalue weighted by atomic mass is 9.96. The Morgan fingerprint density at radius 1 is 1.33 bits per heavy atom. The Labute approximate surface area is 161 Å². The van der Waals surface area contributed by atoms with Crippen LogP contribution in [-0.2, 0) is 13.6 Å². The highest BCUT2D eigenvalue weighted by molar-refractivity contribution is 6.33. The van der Waals surface area contributed by atoms with E-state index < -0.39 is 0 Å². The molecule has 0 atom stereocenters. The molecule has 1 aliphatic rings. The number of fused-ring (bicyclic) bond motifs is 1. The number of pyridine rings is 2. The third kappa shape index (κ3) is 3.17. The zero-order valence-corrected chi connectivity index (χ0v) is 15.7. The molecule has 1 fully saturated rings. The van der Waals surface area contributed by atoms with Crippen molar-refractivity contribution < 1.29 is 0 Å². The first-order valence-electron chi connectivity index (χ1n) is 8.89. The van der Waals surface area contributed by atoms with Gasteiger partial charge in [-0.15, -0.1) is 0 Å². The van der Waals surface area contributed by atoms with Crippen LogP contribution in [0.15, 0.2) is 35.4 Å². The van der Waals surface area contributed by atoms with E-state index in [4.69, 9.17) is 16.9 Å². The molecular weight excluding hydrogens is 364 g/mol. The number of hydrogen-bond donors (Lipinski definition) is 0. The molecule has 1 aliphatic heterocycles. The number of nitrogens with zero attached hydrogens (tertiary/aromatic N) is 6. The molecule has 0 N–H and O–H groups in total. The number of rotatable bonds is 3. The van der Waals surface area contributed by atoms with Crippen LogP contribution < -0.4 is 10.6 Å². The van der Waals surface area contributed by atoms with Crippen LogP contribution >= 0.6 is 11.6 Å². The monoisotopic (exact) mass is 382 g/mol. The second-order valence-corrected chi connectivity index (χ2v) is 7.28. The SMILES string of the molecule is Cn1c(=O)n(CC2CCN(c3ncc(C#N)cc3Cl)CC2)c2ncccc21. The van der Waals surface area contributed by atoms with Gasteiger partial charge in [-0.05, 0) is 37.0 Å². The maximum Gasteiger partial charge on any atom is 0.330 e. The Morgan fingerprint density at radius 2 is 2.11 bits per heavy atom. The first kappa shape index (κ1) is 17.6. The summed E-state index contributed by atoms with van der Waals surface area (Å²) in [6.07, 6.45) is 5.15. The summed E-state index contributed by atoms with van der Waals surface area (Å²) in [5.41, 5.74) is 2.03. The number of piperidine rings is 1. The molecule has 0 aromatic carbocycles. The lowest BCUT2D eigenvalue weighted by Gasteiger charge is -2.33. The van der Waals surface area contributed by atoms with Gasteiger partial charge in [-0.25, -0.2) is 14.8 Å². The largest absolute Gasteiger partial charge is 0.355 e. The minimum atomic E-state index is -0.0251. The van der Waals surface area contributed by atoms with E-state index in [0.29, 0.717) is 23.0 Å². The minimum absolute atomic E-state index is 0.0251. The van der Waals surface area contributed by atoms with Gasteiger partial charge in [0.15, 0.2) is 5.65 Å². The molecule has 0 unspecified atom stereocenters. The summed E-state index contributed by atoms with van der Waals surface area (Å²) in [7, 11) is 1.78. The van der Waals surface area contributed by atoms with Gasteiger partial charge in [-0.2, -0.15) is 5.26 Å². The smallest absolute Gasteiger partial charge is 0.330 e. The van der Waals surface area contributed by atoms with Gasteiger partial charge in [0.05, 0.1) is 16.1 Å². The number of imidazole rings is 1. The van der Waals surface area contributed by atoms with Crippen LogP contribution in [0.3, 0.4) is 0 Å². The number of aryl methyl sites for hydroxylation is 1. The topological polar surface area (TPSA) is 79.7 Å². The van der Waals surface area contributed by atoms with Gasteiger partial charge in [0, 0.05) is 39.1 Å². The van der Waals surface area contributed by atoms with E-state index in [9.17, 15) is 4.79 Å². The van der Waals surface area contributed by atoms with Crippen molar-refractivity contribution in [1.29, 1.82) is 5.26 Å². The zero-order chi connectivity index (χ0) is 19.0. The van der Waals surface area contributed by atoms with Gasteiger partial charge in [-0.1, -0.05) is 11.6 Å². The molecule has 4 rings (SSSR count). The van der Waals surface area contributed by atoms with Crippen LogP contribution in [0, 0.1) is 17.2 Å². The quantitative estimate of drug-likeness (QED) is 0.695. The van der Waals surface area contributed by atoms with Crippen molar-refractivity contribution in [1.82, 2.24) is 19.1 Å². The van der Waals surface area contributed by atoms with Crippen molar-refractivity contribution in [3.8, 4) is 6.07 Å². The predicted octanol–water partition coefficient (Wildman–Crippen LogP) is 2.57. The average molecular weight is 383 g/mol. The van der Waals surface area contributed by atoms with Crippen molar-refractivity contribution in [3.05, 3.63) is 51.7 Å². The molecule has 1 saturated heterocycles. The van der Waals surface area contributed by atoms with E-state index in [-0.39, 0.29) is 5.69 Å². The number of nitriles is 1. The number of aromatic nitrogens is 4. The second-order valence-electron chi connectivity index (χ2n) is 6.87. The molecule has 138 valence electrons. The molecule has 8 heteroatoms. The van der Waals surface area contributed by atoms with Crippen LogP contribution in [0.5, 0.6) is 0 Å². The van der Waals surface area contributed by atoms with E-state index in [1.807, 2.05) is 18.2 Å². The number of anilines is 1. The van der Waals surface area contributed by atoms with Crippen LogP contribution in [0.1, 0.15) is 18.4 Å². The summed E-state index contributed by atoms with van der Waals surface area (Å²) in [5.74, 6) is 1.11. The second kappa shape index (κ2) is 7.05. The molecule has 3 aromatic rings. The Morgan fingerprint density at radius 3 is 2.81 bits per heavy atom. The lowest BCUT2D eigenvalue weighted by Crippen LogP contribution is -2.37. The van der Waals surface area contributed by atoms with Crippen molar-refractivity contribution >= 4 is 28.6 Å². The number of halogens is 1. The summed E-state index contributed by atoms with van der Waals surface area (Å²) >= 11 is 6.28. The molecule has 0 aliphatic carbocycles. The van der Waals surface area contributed by atoms with Crippen LogP contribution in [-0.4, -0.2) is 32.2 Å². The third-order valence-corrected chi connectivity index (χ3v) is 5.48. The summed E-state index contributed by atoms with van der Waals surface area (Å²) < 4.78 is 3.43. The molecule has 27 heavy (non-hydrogen) atoms. The molecule has 0 bridgehead atoms. The van der Waals surface area contributed by atoms with Crippen molar-refractivity contribution in [2.45, 2.75) is 19.4 Å². The van der Waals surface area contributed by atoms with Crippen LogP contribution in [0.4, 0.5) is 5.82 Å². The van der Waals surface area contributed by atoms with Crippen LogP contribution in [0.2, 0.25) is 5.02 Å². The molecule has 0 radical (unpaired) electrons. The molecule has 7 nitrogen and oxygen atoms in total. The minimum Gasteiger partial charge on any atom is -0.355 e. The van der Waals surface area contributed by atoms with Crippen molar-refractivity contribution in [3.63, 3.8) is 0 Å². The van der Waals surface area contributed by atoms with Gasteiger partial charge in [0.1, 0.15) is 11.9 Å². The predicted molar refractivity (Wildman–Crippen MR) is 104 cm³/mol. The molecule has 0 saturated carbocycles. The molecule has 0 amide bonds. The first-order chi connectivity index (χ1) is 13.1. The Kier molecular flexibility index (Phi) is 4.58.